The summed E-state index contributed by atoms with van der Waals surface area (Å²) in [6.07, 6.45) is 6.19. The molecule has 2 heterocycles. The van der Waals surface area contributed by atoms with Gasteiger partial charge in [0.15, 0.2) is 0 Å². The smallest absolute Gasteiger partial charge is 0.222 e. The van der Waals surface area contributed by atoms with Crippen LogP contribution >= 0.6 is 0 Å². The van der Waals surface area contributed by atoms with Crippen LogP contribution in [0, 0.1) is 5.92 Å². The second-order valence-corrected chi connectivity index (χ2v) is 7.28. The lowest BCUT2D eigenvalue weighted by Gasteiger charge is -2.38. The van der Waals surface area contributed by atoms with Gasteiger partial charge in [-0.15, -0.1) is 0 Å². The average molecular weight is 315 g/mol. The lowest BCUT2D eigenvalue weighted by atomic mass is 9.88. The molecule has 4 rings (SSSR count). The van der Waals surface area contributed by atoms with E-state index < -0.39 is 0 Å². The number of hydrogen-bond acceptors (Lipinski definition) is 3. The molecular weight excluding hydrogens is 290 g/mol. The van der Waals surface area contributed by atoms with Gasteiger partial charge in [-0.1, -0.05) is 18.2 Å². The van der Waals surface area contributed by atoms with Crippen molar-refractivity contribution >= 4 is 5.91 Å². The van der Waals surface area contributed by atoms with E-state index in [0.29, 0.717) is 18.4 Å². The summed E-state index contributed by atoms with van der Waals surface area (Å²) in [6.45, 7) is 2.33. The van der Waals surface area contributed by atoms with E-state index >= 15 is 0 Å². The Bertz CT molecular complexity index is 547. The number of amides is 1. The van der Waals surface area contributed by atoms with E-state index in [9.17, 15) is 4.79 Å². The molecule has 0 N–H and O–H groups in total. The number of piperidine rings is 1. The molecule has 1 amide bonds. The number of para-hydroxylation sites is 1. The molecule has 0 bridgehead atoms. The van der Waals surface area contributed by atoms with Gasteiger partial charge in [-0.05, 0) is 43.7 Å². The van der Waals surface area contributed by atoms with Crippen LogP contribution in [0.3, 0.4) is 0 Å². The van der Waals surface area contributed by atoms with Crippen LogP contribution in [-0.4, -0.2) is 42.2 Å². The highest BCUT2D eigenvalue weighted by atomic mass is 16.6. The van der Waals surface area contributed by atoms with Crippen molar-refractivity contribution < 1.29 is 14.3 Å². The minimum absolute atomic E-state index is 0.0736. The van der Waals surface area contributed by atoms with Gasteiger partial charge in [-0.3, -0.25) is 4.79 Å². The van der Waals surface area contributed by atoms with Crippen molar-refractivity contribution in [2.45, 2.75) is 50.2 Å². The standard InChI is InChI=1S/C19H25NO3/c21-18(12-15-6-7-15)20-10-8-19(9-11-20)13-17(14-22-19)23-16-4-2-1-3-5-16/h1-5,15,17H,6-14H2/t17-/m1/s1. The van der Waals surface area contributed by atoms with Crippen molar-refractivity contribution in [2.24, 2.45) is 5.92 Å². The first kappa shape index (κ1) is 15.0. The molecule has 23 heavy (non-hydrogen) atoms. The molecule has 0 radical (unpaired) electrons. The van der Waals surface area contributed by atoms with E-state index in [4.69, 9.17) is 9.47 Å². The number of likely N-dealkylation sites (tertiary alicyclic amines) is 1. The third kappa shape index (κ3) is 3.52. The maximum atomic E-state index is 12.2. The second kappa shape index (κ2) is 6.16. The van der Waals surface area contributed by atoms with Gasteiger partial charge in [0, 0.05) is 25.9 Å². The molecule has 1 atom stereocenters. The lowest BCUT2D eigenvalue weighted by molar-refractivity contribution is -0.136. The van der Waals surface area contributed by atoms with Gasteiger partial charge in [0.2, 0.25) is 5.91 Å². The van der Waals surface area contributed by atoms with Gasteiger partial charge >= 0.3 is 0 Å². The topological polar surface area (TPSA) is 38.8 Å². The van der Waals surface area contributed by atoms with Gasteiger partial charge < -0.3 is 14.4 Å². The Hall–Kier alpha value is -1.55. The Morgan fingerprint density at radius 1 is 1.22 bits per heavy atom. The summed E-state index contributed by atoms with van der Waals surface area (Å²) in [7, 11) is 0. The first-order chi connectivity index (χ1) is 11.2. The molecule has 3 aliphatic rings. The number of carbonyl (C=O) groups is 1. The summed E-state index contributed by atoms with van der Waals surface area (Å²) in [5.74, 6) is 1.93. The zero-order valence-electron chi connectivity index (χ0n) is 13.6. The molecule has 1 aliphatic carbocycles. The molecule has 1 spiro atoms. The third-order valence-electron chi connectivity index (χ3n) is 5.41. The molecule has 3 fully saturated rings. The molecule has 4 nitrogen and oxygen atoms in total. The summed E-state index contributed by atoms with van der Waals surface area (Å²) >= 11 is 0. The van der Waals surface area contributed by atoms with E-state index in [0.717, 1.165) is 44.5 Å². The van der Waals surface area contributed by atoms with Crippen LogP contribution in [0.5, 0.6) is 5.75 Å². The Labute approximate surface area is 137 Å². The van der Waals surface area contributed by atoms with Gasteiger partial charge in [-0.25, -0.2) is 0 Å². The zero-order valence-corrected chi connectivity index (χ0v) is 13.6. The number of benzene rings is 1. The van der Waals surface area contributed by atoms with Crippen LogP contribution in [0.25, 0.3) is 0 Å². The normalized spacial score (nSPS) is 26.4. The lowest BCUT2D eigenvalue weighted by Crippen LogP contribution is -2.46. The van der Waals surface area contributed by atoms with E-state index in [1.165, 1.54) is 12.8 Å². The molecule has 2 saturated heterocycles. The fourth-order valence-corrected chi connectivity index (χ4v) is 3.78. The van der Waals surface area contributed by atoms with Crippen molar-refractivity contribution in [3.63, 3.8) is 0 Å². The van der Waals surface area contributed by atoms with Crippen molar-refractivity contribution in [1.29, 1.82) is 0 Å². The molecule has 4 heteroatoms. The van der Waals surface area contributed by atoms with Gasteiger partial charge in [0.05, 0.1) is 12.2 Å². The largest absolute Gasteiger partial charge is 0.488 e. The summed E-state index contributed by atoms with van der Waals surface area (Å²) in [5, 5.41) is 0. The molecular formula is C19H25NO3. The average Bonchev–Trinajstić information content (AvgIpc) is 3.31. The summed E-state index contributed by atoms with van der Waals surface area (Å²) in [6, 6.07) is 9.96. The van der Waals surface area contributed by atoms with Crippen molar-refractivity contribution in [1.82, 2.24) is 4.90 Å². The maximum Gasteiger partial charge on any atom is 0.222 e. The number of nitrogens with zero attached hydrogens (tertiary/aromatic N) is 1. The Balaban J connectivity index is 1.28. The van der Waals surface area contributed by atoms with E-state index in [1.807, 2.05) is 35.2 Å². The summed E-state index contributed by atoms with van der Waals surface area (Å²) in [5.41, 5.74) is -0.0736. The highest BCUT2D eigenvalue weighted by Crippen LogP contribution is 2.38. The third-order valence-corrected chi connectivity index (χ3v) is 5.41. The molecule has 1 aromatic rings. The predicted octanol–water partition coefficient (Wildman–Crippen LogP) is 3.02. The van der Waals surface area contributed by atoms with Crippen LogP contribution in [0.4, 0.5) is 0 Å². The molecule has 1 aromatic carbocycles. The highest BCUT2D eigenvalue weighted by molar-refractivity contribution is 5.76. The van der Waals surface area contributed by atoms with Gasteiger partial charge in [0.25, 0.3) is 0 Å². The minimum atomic E-state index is -0.0736. The van der Waals surface area contributed by atoms with Gasteiger partial charge in [0.1, 0.15) is 11.9 Å². The molecule has 124 valence electrons. The molecule has 0 unspecified atom stereocenters. The quantitative estimate of drug-likeness (QED) is 0.857. The SMILES string of the molecule is O=C(CC1CC1)N1CCC2(CC1)C[C@@H](Oc1ccccc1)CO2. The van der Waals surface area contributed by atoms with Crippen molar-refractivity contribution in [2.75, 3.05) is 19.7 Å². The summed E-state index contributed by atoms with van der Waals surface area (Å²) < 4.78 is 12.2. The predicted molar refractivity (Wildman–Crippen MR) is 87.3 cm³/mol. The van der Waals surface area contributed by atoms with E-state index in [2.05, 4.69) is 0 Å². The van der Waals surface area contributed by atoms with Crippen LogP contribution in [-0.2, 0) is 9.53 Å². The fourth-order valence-electron chi connectivity index (χ4n) is 3.78. The van der Waals surface area contributed by atoms with Crippen LogP contribution in [0.15, 0.2) is 30.3 Å². The number of carbonyl (C=O) groups excluding carboxylic acids is 1. The monoisotopic (exact) mass is 315 g/mol. The zero-order chi connectivity index (χ0) is 15.7. The van der Waals surface area contributed by atoms with E-state index in [-0.39, 0.29) is 11.7 Å². The van der Waals surface area contributed by atoms with E-state index in [1.54, 1.807) is 0 Å². The van der Waals surface area contributed by atoms with Crippen LogP contribution in [0.1, 0.15) is 38.5 Å². The fraction of sp³-hybridized carbons (Fsp3) is 0.632. The first-order valence-corrected chi connectivity index (χ1v) is 8.86. The Morgan fingerprint density at radius 3 is 2.65 bits per heavy atom. The summed E-state index contributed by atoms with van der Waals surface area (Å²) in [4.78, 5) is 14.3. The molecule has 0 aromatic heterocycles. The molecule has 1 saturated carbocycles. The number of rotatable bonds is 4. The Kier molecular flexibility index (Phi) is 4.02. The van der Waals surface area contributed by atoms with Crippen LogP contribution in [0.2, 0.25) is 0 Å². The van der Waals surface area contributed by atoms with Crippen LogP contribution < -0.4 is 4.74 Å². The minimum Gasteiger partial charge on any atom is -0.488 e. The maximum absolute atomic E-state index is 12.2. The number of ether oxygens (including phenoxy) is 2. The first-order valence-electron chi connectivity index (χ1n) is 8.86. The van der Waals surface area contributed by atoms with Gasteiger partial charge in [-0.2, -0.15) is 0 Å². The highest BCUT2D eigenvalue weighted by Gasteiger charge is 2.44. The van der Waals surface area contributed by atoms with Crippen molar-refractivity contribution in [3.05, 3.63) is 30.3 Å². The second-order valence-electron chi connectivity index (χ2n) is 7.28. The molecule has 2 aliphatic heterocycles. The Morgan fingerprint density at radius 2 is 1.96 bits per heavy atom. The number of hydrogen-bond donors (Lipinski definition) is 0. The van der Waals surface area contributed by atoms with Crippen molar-refractivity contribution in [3.8, 4) is 5.75 Å².